The Hall–Kier alpha value is -1.80. The summed E-state index contributed by atoms with van der Waals surface area (Å²) in [4.78, 5) is 13.2. The van der Waals surface area contributed by atoms with Crippen molar-refractivity contribution in [1.29, 1.82) is 0 Å². The summed E-state index contributed by atoms with van der Waals surface area (Å²) in [5.41, 5.74) is 0.490. The van der Waals surface area contributed by atoms with Crippen LogP contribution in [0.5, 0.6) is 0 Å². The lowest BCUT2D eigenvalue weighted by molar-refractivity contribution is -0.137. The third-order valence-electron chi connectivity index (χ3n) is 2.97. The molecule has 1 aromatic rings. The zero-order chi connectivity index (χ0) is 15.5. The topological polar surface area (TPSA) is 78.6 Å². The molecule has 1 aromatic carbocycles. The Bertz CT molecular complexity index is 491. The molecule has 112 valence electrons. The molecule has 8 heteroatoms. The van der Waals surface area contributed by atoms with Crippen LogP contribution in [0.4, 0.5) is 18.9 Å². The van der Waals surface area contributed by atoms with Crippen LogP contribution >= 0.6 is 0 Å². The van der Waals surface area contributed by atoms with Crippen LogP contribution in [0.3, 0.4) is 0 Å². The summed E-state index contributed by atoms with van der Waals surface area (Å²) in [6, 6.07) is 2.57. The number of hydrogen-bond acceptors (Lipinski definition) is 4. The summed E-state index contributed by atoms with van der Waals surface area (Å²) in [5.74, 6) is 4.41. The molecule has 1 rings (SSSR count). The molecule has 0 saturated carbocycles. The Morgan fingerprint density at radius 1 is 1.50 bits per heavy atom. The van der Waals surface area contributed by atoms with Crippen molar-refractivity contribution in [1.82, 2.24) is 4.90 Å². The molecule has 0 aliphatic carbocycles. The number of likely N-dealkylation sites (N-methyl/N-ethyl adjacent to an activating group) is 1. The van der Waals surface area contributed by atoms with Gasteiger partial charge >= 0.3 is 6.18 Å². The number of hydrazine groups is 1. The van der Waals surface area contributed by atoms with Gasteiger partial charge in [-0.2, -0.15) is 13.2 Å². The standard InChI is InChI=1S/C12H16F3N3O2/c1-7(6-19)18(2)11(20)8-3-4-10(17-16)9(5-8)12(13,14)15/h3-5,7,17,19H,6,16H2,1-2H3. The van der Waals surface area contributed by atoms with Gasteiger partial charge in [0.25, 0.3) is 5.91 Å². The molecule has 0 aliphatic rings. The zero-order valence-corrected chi connectivity index (χ0v) is 11.0. The SMILES string of the molecule is CC(CO)N(C)C(=O)c1ccc(NN)c(C(F)(F)F)c1. The highest BCUT2D eigenvalue weighted by Gasteiger charge is 2.34. The first-order chi connectivity index (χ1) is 9.22. The van der Waals surface area contributed by atoms with Gasteiger partial charge in [0.15, 0.2) is 0 Å². The Morgan fingerprint density at radius 2 is 2.10 bits per heavy atom. The number of amides is 1. The van der Waals surface area contributed by atoms with E-state index in [4.69, 9.17) is 10.9 Å². The first kappa shape index (κ1) is 16.3. The Balaban J connectivity index is 3.18. The summed E-state index contributed by atoms with van der Waals surface area (Å²) in [5, 5.41) is 8.97. The van der Waals surface area contributed by atoms with E-state index in [9.17, 15) is 18.0 Å². The molecular formula is C12H16F3N3O2. The number of aliphatic hydroxyl groups is 1. The normalized spacial score (nSPS) is 12.9. The second-order valence-electron chi connectivity index (χ2n) is 4.35. The molecule has 4 N–H and O–H groups in total. The molecule has 0 saturated heterocycles. The molecule has 0 heterocycles. The second kappa shape index (κ2) is 6.10. The Labute approximate surface area is 114 Å². The number of rotatable bonds is 4. The van der Waals surface area contributed by atoms with E-state index >= 15 is 0 Å². The Morgan fingerprint density at radius 3 is 2.55 bits per heavy atom. The largest absolute Gasteiger partial charge is 0.418 e. The van der Waals surface area contributed by atoms with Crippen molar-refractivity contribution in [3.8, 4) is 0 Å². The van der Waals surface area contributed by atoms with E-state index in [-0.39, 0.29) is 17.9 Å². The van der Waals surface area contributed by atoms with Gasteiger partial charge in [-0.05, 0) is 25.1 Å². The average molecular weight is 291 g/mol. The van der Waals surface area contributed by atoms with Crippen LogP contribution in [-0.4, -0.2) is 35.6 Å². The monoisotopic (exact) mass is 291 g/mol. The number of carbonyl (C=O) groups is 1. The van der Waals surface area contributed by atoms with Crippen molar-refractivity contribution in [2.45, 2.75) is 19.1 Å². The highest BCUT2D eigenvalue weighted by Crippen LogP contribution is 2.35. The maximum absolute atomic E-state index is 12.8. The zero-order valence-electron chi connectivity index (χ0n) is 11.0. The van der Waals surface area contributed by atoms with E-state index in [1.165, 1.54) is 18.0 Å². The number of nitrogens with one attached hydrogen (secondary N) is 1. The molecule has 20 heavy (non-hydrogen) atoms. The van der Waals surface area contributed by atoms with Crippen molar-refractivity contribution < 1.29 is 23.1 Å². The summed E-state index contributed by atoms with van der Waals surface area (Å²) >= 11 is 0. The number of carbonyl (C=O) groups excluding carboxylic acids is 1. The van der Waals surface area contributed by atoms with Crippen LogP contribution in [0.25, 0.3) is 0 Å². The van der Waals surface area contributed by atoms with Gasteiger partial charge in [-0.1, -0.05) is 0 Å². The van der Waals surface area contributed by atoms with E-state index < -0.39 is 23.7 Å². The highest BCUT2D eigenvalue weighted by atomic mass is 19.4. The summed E-state index contributed by atoms with van der Waals surface area (Å²) < 4.78 is 38.5. The van der Waals surface area contributed by atoms with E-state index in [0.29, 0.717) is 0 Å². The van der Waals surface area contributed by atoms with Gasteiger partial charge in [-0.15, -0.1) is 0 Å². The van der Waals surface area contributed by atoms with Gasteiger partial charge in [0.05, 0.1) is 23.9 Å². The van der Waals surface area contributed by atoms with Gasteiger partial charge in [0.2, 0.25) is 0 Å². The average Bonchev–Trinajstić information content (AvgIpc) is 2.43. The van der Waals surface area contributed by atoms with Gasteiger partial charge < -0.3 is 15.4 Å². The molecule has 0 radical (unpaired) electrons. The molecule has 0 aromatic heterocycles. The fraction of sp³-hybridized carbons (Fsp3) is 0.417. The number of benzene rings is 1. The molecule has 1 atom stereocenters. The lowest BCUT2D eigenvalue weighted by atomic mass is 10.1. The van der Waals surface area contributed by atoms with Crippen molar-refractivity contribution in [2.75, 3.05) is 19.1 Å². The molecule has 0 spiro atoms. The summed E-state index contributed by atoms with van der Waals surface area (Å²) in [6.07, 6.45) is -4.63. The van der Waals surface area contributed by atoms with E-state index in [2.05, 4.69) is 0 Å². The predicted molar refractivity (Wildman–Crippen MR) is 67.9 cm³/mol. The second-order valence-corrected chi connectivity index (χ2v) is 4.35. The van der Waals surface area contributed by atoms with E-state index in [1.54, 1.807) is 6.92 Å². The van der Waals surface area contributed by atoms with Crippen LogP contribution in [-0.2, 0) is 6.18 Å². The minimum atomic E-state index is -4.63. The third-order valence-corrected chi connectivity index (χ3v) is 2.97. The number of hydrogen-bond donors (Lipinski definition) is 3. The molecule has 1 amide bonds. The van der Waals surface area contributed by atoms with Crippen LogP contribution in [0.2, 0.25) is 0 Å². The smallest absolute Gasteiger partial charge is 0.394 e. The fourth-order valence-electron chi connectivity index (χ4n) is 1.56. The van der Waals surface area contributed by atoms with E-state index in [0.717, 1.165) is 12.1 Å². The number of nitrogens with two attached hydrogens (primary N) is 1. The number of aliphatic hydroxyl groups excluding tert-OH is 1. The number of nitrogen functional groups attached to an aromatic ring is 1. The number of halogens is 3. The molecule has 1 unspecified atom stereocenters. The van der Waals surface area contributed by atoms with Crippen LogP contribution < -0.4 is 11.3 Å². The third kappa shape index (κ3) is 3.40. The summed E-state index contributed by atoms with van der Waals surface area (Å²) in [6.45, 7) is 1.30. The van der Waals surface area contributed by atoms with Gasteiger partial charge in [0, 0.05) is 12.6 Å². The number of nitrogens with zero attached hydrogens (tertiary/aromatic N) is 1. The fourth-order valence-corrected chi connectivity index (χ4v) is 1.56. The van der Waals surface area contributed by atoms with Crippen LogP contribution in [0.1, 0.15) is 22.8 Å². The van der Waals surface area contributed by atoms with Crippen molar-refractivity contribution in [3.05, 3.63) is 29.3 Å². The first-order valence-electron chi connectivity index (χ1n) is 5.78. The van der Waals surface area contributed by atoms with Crippen molar-refractivity contribution >= 4 is 11.6 Å². The van der Waals surface area contributed by atoms with Gasteiger partial charge in [0.1, 0.15) is 0 Å². The number of alkyl halides is 3. The lowest BCUT2D eigenvalue weighted by Gasteiger charge is -2.24. The van der Waals surface area contributed by atoms with Crippen LogP contribution in [0.15, 0.2) is 18.2 Å². The lowest BCUT2D eigenvalue weighted by Crippen LogP contribution is -2.37. The van der Waals surface area contributed by atoms with Crippen molar-refractivity contribution in [2.24, 2.45) is 5.84 Å². The molecule has 0 fully saturated rings. The molecular weight excluding hydrogens is 275 g/mol. The van der Waals surface area contributed by atoms with Gasteiger partial charge in [-0.25, -0.2) is 0 Å². The number of anilines is 1. The van der Waals surface area contributed by atoms with Gasteiger partial charge in [-0.3, -0.25) is 10.6 Å². The molecule has 5 nitrogen and oxygen atoms in total. The molecule has 0 aliphatic heterocycles. The maximum Gasteiger partial charge on any atom is 0.418 e. The summed E-state index contributed by atoms with van der Waals surface area (Å²) in [7, 11) is 1.41. The van der Waals surface area contributed by atoms with Crippen LogP contribution in [0, 0.1) is 0 Å². The minimum Gasteiger partial charge on any atom is -0.394 e. The molecule has 0 bridgehead atoms. The predicted octanol–water partition coefficient (Wildman–Crippen LogP) is 1.44. The highest BCUT2D eigenvalue weighted by molar-refractivity contribution is 5.95. The maximum atomic E-state index is 12.8. The van der Waals surface area contributed by atoms with E-state index in [1.807, 2.05) is 5.43 Å². The minimum absolute atomic E-state index is 0.126. The van der Waals surface area contributed by atoms with Crippen molar-refractivity contribution in [3.63, 3.8) is 0 Å². The first-order valence-corrected chi connectivity index (χ1v) is 5.78. The quantitative estimate of drug-likeness (QED) is 0.579. The Kier molecular flexibility index (Phi) is 4.96.